The summed E-state index contributed by atoms with van der Waals surface area (Å²) in [6, 6.07) is 0. The summed E-state index contributed by atoms with van der Waals surface area (Å²) >= 11 is 0. The van der Waals surface area contributed by atoms with E-state index in [1.165, 1.54) is 4.80 Å². The van der Waals surface area contributed by atoms with Crippen LogP contribution in [-0.2, 0) is 11.3 Å². The molecule has 0 saturated carbocycles. The van der Waals surface area contributed by atoms with Crippen LogP contribution >= 0.6 is 0 Å². The van der Waals surface area contributed by atoms with Crippen LogP contribution in [0.4, 0.5) is 0 Å². The molecule has 1 aliphatic heterocycles. The number of aryl methyl sites for hydroxylation is 1. The van der Waals surface area contributed by atoms with Gasteiger partial charge in [-0.1, -0.05) is 0 Å². The third-order valence-electron chi connectivity index (χ3n) is 2.39. The molecule has 2 heterocycles. The Morgan fingerprint density at radius 1 is 1.44 bits per heavy atom. The summed E-state index contributed by atoms with van der Waals surface area (Å²) in [4.78, 5) is 1.33. The molecule has 3 N–H and O–H groups in total. The maximum Gasteiger partial charge on any atom is 0.206 e. The number of tetrazole rings is 1. The first-order valence-corrected chi connectivity index (χ1v) is 5.08. The zero-order valence-corrected chi connectivity index (χ0v) is 8.60. The molecule has 3 unspecified atom stereocenters. The molecule has 3 atom stereocenters. The zero-order chi connectivity index (χ0) is 11.5. The van der Waals surface area contributed by atoms with Crippen molar-refractivity contribution in [1.29, 1.82) is 0 Å². The lowest BCUT2D eigenvalue weighted by atomic mass is 10.1. The Labute approximate surface area is 91.5 Å². The smallest absolute Gasteiger partial charge is 0.206 e. The highest BCUT2D eigenvalue weighted by Gasteiger charge is 2.38. The fraction of sp³-hybridized carbons (Fsp3) is 0.875. The van der Waals surface area contributed by atoms with Gasteiger partial charge in [0.05, 0.1) is 13.2 Å². The molecule has 1 aromatic heterocycles. The Morgan fingerprint density at radius 3 is 2.88 bits per heavy atom. The predicted octanol–water partition coefficient (Wildman–Crippen LogP) is -2.15. The molecule has 16 heavy (non-hydrogen) atoms. The van der Waals surface area contributed by atoms with Crippen LogP contribution in [0.5, 0.6) is 0 Å². The van der Waals surface area contributed by atoms with Gasteiger partial charge in [0.1, 0.15) is 18.3 Å². The summed E-state index contributed by atoms with van der Waals surface area (Å²) in [6.07, 6.45) is -2.12. The van der Waals surface area contributed by atoms with E-state index in [9.17, 15) is 10.2 Å². The maximum absolute atomic E-state index is 9.56. The van der Waals surface area contributed by atoms with Crippen molar-refractivity contribution in [3.05, 3.63) is 5.82 Å². The molecule has 1 fully saturated rings. The van der Waals surface area contributed by atoms with E-state index in [2.05, 4.69) is 15.4 Å². The van der Waals surface area contributed by atoms with E-state index in [1.54, 1.807) is 0 Å². The minimum absolute atomic E-state index is 0.0537. The number of hydrogen-bond acceptors (Lipinski definition) is 7. The minimum atomic E-state index is -1.02. The summed E-state index contributed by atoms with van der Waals surface area (Å²) in [5.41, 5.74) is 0. The van der Waals surface area contributed by atoms with Crippen molar-refractivity contribution in [1.82, 2.24) is 20.2 Å². The van der Waals surface area contributed by atoms with Gasteiger partial charge in [-0.25, -0.2) is 0 Å². The van der Waals surface area contributed by atoms with Gasteiger partial charge in [-0.05, 0) is 11.6 Å². The molecule has 0 aromatic carbocycles. The number of hydrogen-bond donors (Lipinski definition) is 3. The summed E-state index contributed by atoms with van der Waals surface area (Å²) in [6.45, 7) is 0.573. The van der Waals surface area contributed by atoms with E-state index < -0.39 is 18.3 Å². The minimum Gasteiger partial charge on any atom is -0.396 e. The molecule has 1 aliphatic rings. The predicted molar refractivity (Wildman–Crippen MR) is 50.2 cm³/mol. The van der Waals surface area contributed by atoms with E-state index in [0.717, 1.165) is 0 Å². The van der Waals surface area contributed by atoms with Gasteiger partial charge in [-0.2, -0.15) is 4.80 Å². The van der Waals surface area contributed by atoms with Crippen molar-refractivity contribution < 1.29 is 20.1 Å². The van der Waals surface area contributed by atoms with E-state index in [4.69, 9.17) is 9.84 Å². The molecule has 0 amide bonds. The van der Waals surface area contributed by atoms with Crippen molar-refractivity contribution in [2.45, 2.75) is 31.3 Å². The van der Waals surface area contributed by atoms with Crippen molar-refractivity contribution >= 4 is 0 Å². The highest BCUT2D eigenvalue weighted by Crippen LogP contribution is 2.26. The number of ether oxygens (including phenoxy) is 1. The van der Waals surface area contributed by atoms with Gasteiger partial charge in [0, 0.05) is 6.61 Å². The summed E-state index contributed by atoms with van der Waals surface area (Å²) in [5.74, 6) is 0.252. The molecule has 0 bridgehead atoms. The first kappa shape index (κ1) is 11.4. The van der Waals surface area contributed by atoms with Gasteiger partial charge < -0.3 is 20.1 Å². The van der Waals surface area contributed by atoms with Gasteiger partial charge in [-0.15, -0.1) is 10.2 Å². The molecule has 8 nitrogen and oxygen atoms in total. The van der Waals surface area contributed by atoms with E-state index in [-0.39, 0.29) is 19.0 Å². The molecule has 1 saturated heterocycles. The second kappa shape index (κ2) is 4.83. The molecule has 1 aromatic rings. The average molecular weight is 230 g/mol. The zero-order valence-electron chi connectivity index (χ0n) is 8.60. The Bertz CT molecular complexity index is 345. The highest BCUT2D eigenvalue weighted by molar-refractivity contribution is 4.96. The van der Waals surface area contributed by atoms with Crippen LogP contribution in [0.25, 0.3) is 0 Å². The fourth-order valence-electron chi connectivity index (χ4n) is 1.50. The number of rotatable bonds is 4. The Hall–Kier alpha value is -1.09. The monoisotopic (exact) mass is 230 g/mol. The van der Waals surface area contributed by atoms with Crippen molar-refractivity contribution in [3.8, 4) is 0 Å². The van der Waals surface area contributed by atoms with E-state index in [1.807, 2.05) is 0 Å². The first-order chi connectivity index (χ1) is 7.72. The lowest BCUT2D eigenvalue weighted by molar-refractivity contribution is 0.0181. The standard InChI is InChI=1S/C8H14N4O4/c13-3-1-2-12-10-8(9-11-12)7-6(15)5(14)4-16-7/h5-7,13-15H,1-4H2. The first-order valence-electron chi connectivity index (χ1n) is 5.08. The number of aliphatic hydroxyl groups is 3. The fourth-order valence-corrected chi connectivity index (χ4v) is 1.50. The SMILES string of the molecule is OCCCn1nnc(C2OCC(O)C2O)n1. The topological polar surface area (TPSA) is 114 Å². The quantitative estimate of drug-likeness (QED) is 0.540. The maximum atomic E-state index is 9.56. The Kier molecular flexibility index (Phi) is 3.44. The van der Waals surface area contributed by atoms with Gasteiger partial charge in [0.15, 0.2) is 0 Å². The van der Waals surface area contributed by atoms with E-state index in [0.29, 0.717) is 13.0 Å². The lowest BCUT2D eigenvalue weighted by Gasteiger charge is -2.09. The van der Waals surface area contributed by atoms with Crippen LogP contribution in [0.15, 0.2) is 0 Å². The second-order valence-electron chi connectivity index (χ2n) is 3.63. The Balaban J connectivity index is 2.01. The molecule has 8 heteroatoms. The van der Waals surface area contributed by atoms with Crippen LogP contribution in [-0.4, -0.2) is 60.9 Å². The van der Waals surface area contributed by atoms with E-state index >= 15 is 0 Å². The highest BCUT2D eigenvalue weighted by atomic mass is 16.5. The molecule has 90 valence electrons. The van der Waals surface area contributed by atoms with Crippen LogP contribution in [0.1, 0.15) is 18.3 Å². The molecule has 0 radical (unpaired) electrons. The van der Waals surface area contributed by atoms with Gasteiger partial charge in [0.2, 0.25) is 5.82 Å². The van der Waals surface area contributed by atoms with Crippen LogP contribution in [0.3, 0.4) is 0 Å². The van der Waals surface area contributed by atoms with Gasteiger partial charge in [-0.3, -0.25) is 0 Å². The molecular weight excluding hydrogens is 216 g/mol. The van der Waals surface area contributed by atoms with Gasteiger partial charge in [0.25, 0.3) is 0 Å². The van der Waals surface area contributed by atoms with Crippen LogP contribution < -0.4 is 0 Å². The third-order valence-corrected chi connectivity index (χ3v) is 2.39. The summed E-state index contributed by atoms with van der Waals surface area (Å²) in [7, 11) is 0. The lowest BCUT2D eigenvalue weighted by Crippen LogP contribution is -2.25. The summed E-state index contributed by atoms with van der Waals surface area (Å²) < 4.78 is 5.15. The molecule has 0 spiro atoms. The largest absolute Gasteiger partial charge is 0.396 e. The summed E-state index contributed by atoms with van der Waals surface area (Å²) in [5, 5.41) is 39.0. The number of nitrogens with zero attached hydrogens (tertiary/aromatic N) is 4. The molecule has 2 rings (SSSR count). The van der Waals surface area contributed by atoms with Crippen molar-refractivity contribution in [2.24, 2.45) is 0 Å². The average Bonchev–Trinajstić information content (AvgIpc) is 2.85. The normalized spacial score (nSPS) is 29.8. The molecule has 0 aliphatic carbocycles. The Morgan fingerprint density at radius 2 is 2.25 bits per heavy atom. The van der Waals surface area contributed by atoms with Crippen LogP contribution in [0.2, 0.25) is 0 Å². The van der Waals surface area contributed by atoms with Gasteiger partial charge >= 0.3 is 0 Å². The number of aliphatic hydroxyl groups excluding tert-OH is 3. The molecular formula is C8H14N4O4. The number of aromatic nitrogens is 4. The second-order valence-corrected chi connectivity index (χ2v) is 3.63. The van der Waals surface area contributed by atoms with Crippen LogP contribution in [0, 0.1) is 0 Å². The van der Waals surface area contributed by atoms with Crippen molar-refractivity contribution in [3.63, 3.8) is 0 Å². The van der Waals surface area contributed by atoms with Crippen molar-refractivity contribution in [2.75, 3.05) is 13.2 Å². The third kappa shape index (κ3) is 2.19.